The van der Waals surface area contributed by atoms with Gasteiger partial charge in [-0.05, 0) is 49.1 Å². The van der Waals surface area contributed by atoms with Gasteiger partial charge >= 0.3 is 6.18 Å². The van der Waals surface area contributed by atoms with Crippen LogP contribution in [0.25, 0.3) is 0 Å². The van der Waals surface area contributed by atoms with Crippen LogP contribution in [0.15, 0.2) is 42.5 Å². The lowest BCUT2D eigenvalue weighted by Crippen LogP contribution is -2.44. The van der Waals surface area contributed by atoms with E-state index in [9.17, 15) is 13.2 Å². The van der Waals surface area contributed by atoms with Gasteiger partial charge in [0.1, 0.15) is 18.5 Å². The SMILES string of the molecule is COc1ccccc1N1CCC([C@@H](N)CC2COc3ccc(C(F)(F)F)cc3O2)CC1. The number of benzene rings is 2. The quantitative estimate of drug-likeness (QED) is 0.749. The molecule has 2 atom stereocenters. The third-order valence-corrected chi connectivity index (χ3v) is 6.10. The number of fused-ring (bicyclic) bond motifs is 1. The molecule has 0 bridgehead atoms. The number of rotatable bonds is 5. The Hall–Kier alpha value is -2.61. The first-order chi connectivity index (χ1) is 14.8. The second kappa shape index (κ2) is 8.86. The number of nitrogens with zero attached hydrogens (tertiary/aromatic N) is 1. The van der Waals surface area contributed by atoms with Gasteiger partial charge in [-0.2, -0.15) is 13.2 Å². The van der Waals surface area contributed by atoms with Crippen molar-refractivity contribution in [1.29, 1.82) is 0 Å². The Labute approximate surface area is 179 Å². The molecule has 0 aromatic heterocycles. The van der Waals surface area contributed by atoms with Gasteiger partial charge in [-0.15, -0.1) is 0 Å². The van der Waals surface area contributed by atoms with Gasteiger partial charge in [0, 0.05) is 25.6 Å². The minimum Gasteiger partial charge on any atom is -0.495 e. The first-order valence-corrected chi connectivity index (χ1v) is 10.5. The van der Waals surface area contributed by atoms with Gasteiger partial charge in [-0.25, -0.2) is 0 Å². The fourth-order valence-corrected chi connectivity index (χ4v) is 4.36. The zero-order valence-corrected chi connectivity index (χ0v) is 17.4. The fraction of sp³-hybridized carbons (Fsp3) is 0.478. The molecule has 2 N–H and O–H groups in total. The standard InChI is InChI=1S/C23H27F3N2O3/c1-29-20-5-3-2-4-19(20)28-10-8-15(9-11-28)18(27)13-17-14-30-21-7-6-16(23(24,25)26)12-22(21)31-17/h2-7,12,15,17-18H,8-11,13-14,27H2,1H3/t17?,18-/m0/s1. The summed E-state index contributed by atoms with van der Waals surface area (Å²) in [5.41, 5.74) is 6.81. The average molecular weight is 436 g/mol. The molecule has 0 aliphatic carbocycles. The average Bonchev–Trinajstić information content (AvgIpc) is 2.78. The molecule has 4 rings (SSSR count). The van der Waals surface area contributed by atoms with Gasteiger partial charge in [0.05, 0.1) is 18.4 Å². The van der Waals surface area contributed by atoms with Crippen molar-refractivity contribution >= 4 is 5.69 Å². The Morgan fingerprint density at radius 3 is 2.58 bits per heavy atom. The molecule has 0 radical (unpaired) electrons. The summed E-state index contributed by atoms with van der Waals surface area (Å²) in [5, 5.41) is 0. The van der Waals surface area contributed by atoms with Crippen molar-refractivity contribution in [3.05, 3.63) is 48.0 Å². The maximum Gasteiger partial charge on any atom is 0.416 e. The Kier molecular flexibility index (Phi) is 6.18. The molecule has 2 aliphatic heterocycles. The molecule has 1 fully saturated rings. The molecule has 0 saturated carbocycles. The van der Waals surface area contributed by atoms with Gasteiger partial charge in [-0.1, -0.05) is 12.1 Å². The van der Waals surface area contributed by atoms with Crippen molar-refractivity contribution < 1.29 is 27.4 Å². The van der Waals surface area contributed by atoms with E-state index in [1.165, 1.54) is 6.07 Å². The van der Waals surface area contributed by atoms with Gasteiger partial charge in [0.2, 0.25) is 0 Å². The normalized spacial score (nSPS) is 20.4. The molecule has 1 unspecified atom stereocenters. The van der Waals surface area contributed by atoms with Crippen LogP contribution in [0, 0.1) is 5.92 Å². The lowest BCUT2D eigenvalue weighted by atomic mass is 9.86. The number of ether oxygens (including phenoxy) is 3. The number of piperidine rings is 1. The van der Waals surface area contributed by atoms with Crippen LogP contribution in [0.1, 0.15) is 24.8 Å². The topological polar surface area (TPSA) is 57.0 Å². The molecule has 2 aromatic rings. The van der Waals surface area contributed by atoms with E-state index < -0.39 is 11.7 Å². The molecule has 2 aromatic carbocycles. The van der Waals surface area contributed by atoms with Crippen molar-refractivity contribution in [2.24, 2.45) is 11.7 Å². The lowest BCUT2D eigenvalue weighted by molar-refractivity contribution is -0.137. The minimum atomic E-state index is -4.42. The summed E-state index contributed by atoms with van der Waals surface area (Å²) in [6.07, 6.45) is -2.38. The van der Waals surface area contributed by atoms with Crippen LogP contribution in [0.2, 0.25) is 0 Å². The molecule has 1 saturated heterocycles. The van der Waals surface area contributed by atoms with Crippen molar-refractivity contribution in [1.82, 2.24) is 0 Å². The number of alkyl halides is 3. The van der Waals surface area contributed by atoms with E-state index in [2.05, 4.69) is 11.0 Å². The first kappa shape index (κ1) is 21.6. The summed E-state index contributed by atoms with van der Waals surface area (Å²) in [5.74, 6) is 1.64. The summed E-state index contributed by atoms with van der Waals surface area (Å²) in [4.78, 5) is 2.30. The monoisotopic (exact) mass is 436 g/mol. The maximum absolute atomic E-state index is 13.0. The van der Waals surface area contributed by atoms with E-state index in [0.717, 1.165) is 49.5 Å². The van der Waals surface area contributed by atoms with Crippen molar-refractivity contribution in [3.8, 4) is 17.2 Å². The Bertz CT molecular complexity index is 898. The molecular weight excluding hydrogens is 409 g/mol. The van der Waals surface area contributed by atoms with Crippen LogP contribution in [0.5, 0.6) is 17.2 Å². The fourth-order valence-electron chi connectivity index (χ4n) is 4.36. The molecule has 0 spiro atoms. The Morgan fingerprint density at radius 1 is 1.13 bits per heavy atom. The van der Waals surface area contributed by atoms with Crippen LogP contribution in [0.3, 0.4) is 0 Å². The molecule has 5 nitrogen and oxygen atoms in total. The first-order valence-electron chi connectivity index (χ1n) is 10.5. The maximum atomic E-state index is 13.0. The van der Waals surface area contributed by atoms with Gasteiger partial charge < -0.3 is 24.8 Å². The highest BCUT2D eigenvalue weighted by atomic mass is 19.4. The molecule has 31 heavy (non-hydrogen) atoms. The number of methoxy groups -OCH3 is 1. The van der Waals surface area contributed by atoms with E-state index in [1.54, 1.807) is 7.11 Å². The van der Waals surface area contributed by atoms with Crippen LogP contribution in [-0.2, 0) is 6.18 Å². The highest BCUT2D eigenvalue weighted by Gasteiger charge is 2.34. The molecule has 2 aliphatic rings. The molecule has 0 amide bonds. The van der Waals surface area contributed by atoms with Gasteiger partial charge in [0.15, 0.2) is 11.5 Å². The lowest BCUT2D eigenvalue weighted by Gasteiger charge is -2.38. The van der Waals surface area contributed by atoms with Crippen LogP contribution in [0.4, 0.5) is 18.9 Å². The minimum absolute atomic E-state index is 0.110. The smallest absolute Gasteiger partial charge is 0.416 e. The summed E-state index contributed by atoms with van der Waals surface area (Å²) in [7, 11) is 1.67. The number of hydrogen-bond donors (Lipinski definition) is 1. The highest BCUT2D eigenvalue weighted by molar-refractivity contribution is 5.58. The zero-order chi connectivity index (χ0) is 22.0. The van der Waals surface area contributed by atoms with Crippen LogP contribution < -0.4 is 24.8 Å². The summed E-state index contributed by atoms with van der Waals surface area (Å²) < 4.78 is 55.8. The highest BCUT2D eigenvalue weighted by Crippen LogP contribution is 2.39. The molecule has 168 valence electrons. The predicted octanol–water partition coefficient (Wildman–Crippen LogP) is 4.49. The van der Waals surface area contributed by atoms with E-state index in [1.807, 2.05) is 18.2 Å². The van der Waals surface area contributed by atoms with E-state index in [0.29, 0.717) is 18.1 Å². The molecule has 2 heterocycles. The van der Waals surface area contributed by atoms with Crippen molar-refractivity contribution in [2.45, 2.75) is 37.6 Å². The Morgan fingerprint density at radius 2 is 1.87 bits per heavy atom. The third-order valence-electron chi connectivity index (χ3n) is 6.10. The van der Waals surface area contributed by atoms with E-state index in [-0.39, 0.29) is 24.5 Å². The van der Waals surface area contributed by atoms with Crippen LogP contribution in [-0.4, -0.2) is 39.0 Å². The number of nitrogens with two attached hydrogens (primary N) is 1. The number of anilines is 1. The third kappa shape index (κ3) is 4.84. The second-order valence-corrected chi connectivity index (χ2v) is 8.11. The number of para-hydroxylation sites is 2. The van der Waals surface area contributed by atoms with E-state index >= 15 is 0 Å². The summed E-state index contributed by atoms with van der Waals surface area (Å²) in [6, 6.07) is 11.2. The predicted molar refractivity (Wildman–Crippen MR) is 112 cm³/mol. The number of halogens is 3. The summed E-state index contributed by atoms with van der Waals surface area (Å²) >= 11 is 0. The van der Waals surface area contributed by atoms with Crippen molar-refractivity contribution in [2.75, 3.05) is 31.7 Å². The molecule has 8 heteroatoms. The van der Waals surface area contributed by atoms with Gasteiger partial charge in [-0.3, -0.25) is 0 Å². The molecular formula is C23H27F3N2O3. The Balaban J connectivity index is 1.33. The summed E-state index contributed by atoms with van der Waals surface area (Å²) in [6.45, 7) is 2.03. The largest absolute Gasteiger partial charge is 0.495 e. The zero-order valence-electron chi connectivity index (χ0n) is 17.4. The van der Waals surface area contributed by atoms with Crippen molar-refractivity contribution in [3.63, 3.8) is 0 Å². The van der Waals surface area contributed by atoms with Gasteiger partial charge in [0.25, 0.3) is 0 Å². The number of hydrogen-bond acceptors (Lipinski definition) is 5. The second-order valence-electron chi connectivity index (χ2n) is 8.11. The van der Waals surface area contributed by atoms with Crippen LogP contribution >= 0.6 is 0 Å². The van der Waals surface area contributed by atoms with E-state index in [4.69, 9.17) is 19.9 Å².